The van der Waals surface area contributed by atoms with E-state index < -0.39 is 16.7 Å². The molecule has 31 heavy (non-hydrogen) atoms. The molecule has 0 atom stereocenters. The second kappa shape index (κ2) is 8.50. The van der Waals surface area contributed by atoms with Crippen LogP contribution in [-0.4, -0.2) is 39.7 Å². The van der Waals surface area contributed by atoms with Gasteiger partial charge in [0, 0.05) is 30.2 Å². The van der Waals surface area contributed by atoms with Crippen molar-refractivity contribution in [3.05, 3.63) is 68.8 Å². The molecule has 1 aliphatic rings. The van der Waals surface area contributed by atoms with Crippen LogP contribution in [0.25, 0.3) is 5.57 Å². The summed E-state index contributed by atoms with van der Waals surface area (Å²) in [5.41, 5.74) is 1.35. The van der Waals surface area contributed by atoms with E-state index in [0.29, 0.717) is 35.7 Å². The van der Waals surface area contributed by atoms with Crippen molar-refractivity contribution in [1.82, 2.24) is 19.5 Å². The van der Waals surface area contributed by atoms with E-state index in [1.165, 1.54) is 17.0 Å². The molecule has 3 aromatic rings. The van der Waals surface area contributed by atoms with Crippen LogP contribution in [-0.2, 0) is 12.7 Å². The highest BCUT2D eigenvalue weighted by atomic mass is 32.1. The Labute approximate surface area is 179 Å². The zero-order valence-corrected chi connectivity index (χ0v) is 17.3. The standard InChI is InChI=1S/C20H18F3N5O2S/c1-30-14-4-7-24-16(10-14)13-5-8-27(9-6-13)18-25-12-28(19(29)26-18)11-15-2-3-17(31-15)20(21,22)23/h2-5,7,10,12H,6,8-9,11H2,1H3. The van der Waals surface area contributed by atoms with Crippen LogP contribution in [0, 0.1) is 0 Å². The minimum atomic E-state index is -4.39. The topological polar surface area (TPSA) is 73.1 Å². The van der Waals surface area contributed by atoms with Crippen LogP contribution in [0.2, 0.25) is 0 Å². The van der Waals surface area contributed by atoms with Gasteiger partial charge >= 0.3 is 11.9 Å². The highest BCUT2D eigenvalue weighted by Crippen LogP contribution is 2.34. The van der Waals surface area contributed by atoms with E-state index in [1.54, 1.807) is 19.4 Å². The average Bonchev–Trinajstić information content (AvgIpc) is 3.25. The fraction of sp³-hybridized carbons (Fsp3) is 0.300. The lowest BCUT2D eigenvalue weighted by Gasteiger charge is -2.26. The summed E-state index contributed by atoms with van der Waals surface area (Å²) in [6.45, 7) is 1.11. The summed E-state index contributed by atoms with van der Waals surface area (Å²) >= 11 is 0.603. The van der Waals surface area contributed by atoms with Gasteiger partial charge in [-0.15, -0.1) is 11.3 Å². The molecule has 7 nitrogen and oxygen atoms in total. The molecule has 0 saturated carbocycles. The number of halogens is 3. The minimum absolute atomic E-state index is 0.00851. The van der Waals surface area contributed by atoms with Crippen molar-refractivity contribution in [1.29, 1.82) is 0 Å². The van der Waals surface area contributed by atoms with Gasteiger partial charge in [0.15, 0.2) is 0 Å². The third-order valence-corrected chi connectivity index (χ3v) is 5.92. The van der Waals surface area contributed by atoms with E-state index in [9.17, 15) is 18.0 Å². The van der Waals surface area contributed by atoms with Crippen LogP contribution in [0.3, 0.4) is 0 Å². The zero-order chi connectivity index (χ0) is 22.0. The summed E-state index contributed by atoms with van der Waals surface area (Å²) in [5.74, 6) is 1.02. The van der Waals surface area contributed by atoms with E-state index in [4.69, 9.17) is 4.74 Å². The molecular weight excluding hydrogens is 431 g/mol. The fourth-order valence-corrected chi connectivity index (χ4v) is 4.06. The quantitative estimate of drug-likeness (QED) is 0.594. The Hall–Kier alpha value is -3.21. The number of methoxy groups -OCH3 is 1. The maximum absolute atomic E-state index is 12.7. The number of pyridine rings is 1. The Kier molecular flexibility index (Phi) is 5.77. The van der Waals surface area contributed by atoms with Crippen LogP contribution in [0.1, 0.15) is 21.9 Å². The molecule has 11 heteroatoms. The second-order valence-corrected chi connectivity index (χ2v) is 8.01. The van der Waals surface area contributed by atoms with Crippen molar-refractivity contribution < 1.29 is 17.9 Å². The first-order valence-corrected chi connectivity index (χ1v) is 10.2. The number of anilines is 1. The number of hydrogen-bond donors (Lipinski definition) is 0. The first-order valence-electron chi connectivity index (χ1n) is 9.37. The number of hydrogen-bond acceptors (Lipinski definition) is 7. The third-order valence-electron chi connectivity index (χ3n) is 4.81. The average molecular weight is 449 g/mol. The van der Waals surface area contributed by atoms with Gasteiger partial charge in [0.25, 0.3) is 0 Å². The first-order chi connectivity index (χ1) is 14.8. The van der Waals surface area contributed by atoms with Crippen molar-refractivity contribution in [3.8, 4) is 5.75 Å². The van der Waals surface area contributed by atoms with Gasteiger partial charge < -0.3 is 9.64 Å². The van der Waals surface area contributed by atoms with E-state index in [2.05, 4.69) is 15.0 Å². The molecule has 4 heterocycles. The number of rotatable bonds is 5. The molecule has 0 aliphatic carbocycles. The minimum Gasteiger partial charge on any atom is -0.497 e. The van der Waals surface area contributed by atoms with Crippen LogP contribution >= 0.6 is 11.3 Å². The predicted octanol–water partition coefficient (Wildman–Crippen LogP) is 3.46. The smallest absolute Gasteiger partial charge is 0.425 e. The molecular formula is C20H18F3N5O2S. The molecule has 0 bridgehead atoms. The summed E-state index contributed by atoms with van der Waals surface area (Å²) in [6.07, 6.45) is 1.32. The SMILES string of the molecule is COc1ccnc(C2=CCN(c3ncn(Cc4ccc(C(F)(F)F)s4)c(=O)n3)CC2)c1. The van der Waals surface area contributed by atoms with Crippen LogP contribution in [0.4, 0.5) is 19.1 Å². The highest BCUT2D eigenvalue weighted by Gasteiger charge is 2.32. The Bertz CT molecular complexity index is 1170. The molecule has 0 aromatic carbocycles. The first kappa shape index (κ1) is 21.0. The molecule has 162 valence electrons. The number of ether oxygens (including phenoxy) is 1. The molecule has 0 fully saturated rings. The lowest BCUT2D eigenvalue weighted by Crippen LogP contribution is -2.34. The summed E-state index contributed by atoms with van der Waals surface area (Å²) < 4.78 is 44.7. The highest BCUT2D eigenvalue weighted by molar-refractivity contribution is 7.12. The molecule has 0 spiro atoms. The lowest BCUT2D eigenvalue weighted by molar-refractivity contribution is -0.134. The lowest BCUT2D eigenvalue weighted by atomic mass is 10.0. The third kappa shape index (κ3) is 4.76. The van der Waals surface area contributed by atoms with Crippen molar-refractivity contribution >= 4 is 22.9 Å². The van der Waals surface area contributed by atoms with Crippen molar-refractivity contribution in [2.75, 3.05) is 25.1 Å². The summed E-state index contributed by atoms with van der Waals surface area (Å²) in [5, 5.41) is 0. The maximum atomic E-state index is 12.7. The van der Waals surface area contributed by atoms with Gasteiger partial charge in [0.2, 0.25) is 5.95 Å². The van der Waals surface area contributed by atoms with E-state index in [1.807, 2.05) is 17.0 Å². The van der Waals surface area contributed by atoms with Crippen molar-refractivity contribution in [2.24, 2.45) is 0 Å². The Morgan fingerprint density at radius 3 is 2.71 bits per heavy atom. The number of aromatic nitrogens is 4. The van der Waals surface area contributed by atoms with Crippen molar-refractivity contribution in [2.45, 2.75) is 19.1 Å². The largest absolute Gasteiger partial charge is 0.497 e. The van der Waals surface area contributed by atoms with E-state index in [-0.39, 0.29) is 12.5 Å². The van der Waals surface area contributed by atoms with Gasteiger partial charge in [-0.3, -0.25) is 9.55 Å². The normalized spacial score (nSPS) is 14.5. The van der Waals surface area contributed by atoms with Gasteiger partial charge in [-0.25, -0.2) is 9.78 Å². The molecule has 0 unspecified atom stereocenters. The van der Waals surface area contributed by atoms with Gasteiger partial charge in [-0.2, -0.15) is 18.2 Å². The predicted molar refractivity (Wildman–Crippen MR) is 110 cm³/mol. The van der Waals surface area contributed by atoms with E-state index >= 15 is 0 Å². The number of alkyl halides is 3. The molecule has 4 rings (SSSR count). The zero-order valence-electron chi connectivity index (χ0n) is 16.5. The fourth-order valence-electron chi connectivity index (χ4n) is 3.19. The van der Waals surface area contributed by atoms with Gasteiger partial charge in [-0.1, -0.05) is 6.08 Å². The van der Waals surface area contributed by atoms with Gasteiger partial charge in [0.1, 0.15) is 17.0 Å². The molecule has 1 aliphatic heterocycles. The van der Waals surface area contributed by atoms with Gasteiger partial charge in [0.05, 0.1) is 19.3 Å². The van der Waals surface area contributed by atoms with Crippen LogP contribution < -0.4 is 15.3 Å². The summed E-state index contributed by atoms with van der Waals surface area (Å²) in [7, 11) is 1.60. The van der Waals surface area contributed by atoms with Crippen LogP contribution in [0.15, 0.2) is 47.7 Å². The molecule has 0 radical (unpaired) electrons. The van der Waals surface area contributed by atoms with Crippen molar-refractivity contribution in [3.63, 3.8) is 0 Å². The summed E-state index contributed by atoms with van der Waals surface area (Å²) in [4.78, 5) is 26.6. The second-order valence-electron chi connectivity index (χ2n) is 6.84. The van der Waals surface area contributed by atoms with Gasteiger partial charge in [-0.05, 0) is 30.2 Å². The molecule has 3 aromatic heterocycles. The van der Waals surface area contributed by atoms with E-state index in [0.717, 1.165) is 23.1 Å². The Morgan fingerprint density at radius 2 is 2.06 bits per heavy atom. The Balaban J connectivity index is 1.45. The molecule has 0 amide bonds. The molecule has 0 N–H and O–H groups in total. The Morgan fingerprint density at radius 1 is 1.23 bits per heavy atom. The maximum Gasteiger partial charge on any atom is 0.425 e. The van der Waals surface area contributed by atoms with Crippen LogP contribution in [0.5, 0.6) is 5.75 Å². The summed E-state index contributed by atoms with van der Waals surface area (Å²) in [6, 6.07) is 6.02. The molecule has 0 saturated heterocycles. The number of thiophene rings is 1. The monoisotopic (exact) mass is 449 g/mol. The number of nitrogens with zero attached hydrogens (tertiary/aromatic N) is 5.